The molecule has 0 spiro atoms. The molecule has 0 saturated heterocycles. The van der Waals surface area contributed by atoms with Gasteiger partial charge in [0.15, 0.2) is 0 Å². The summed E-state index contributed by atoms with van der Waals surface area (Å²) >= 11 is 0. The molecule has 62 valence electrons. The van der Waals surface area contributed by atoms with Gasteiger partial charge in [0.2, 0.25) is 0 Å². The van der Waals surface area contributed by atoms with Crippen LogP contribution in [0.4, 0.5) is 0 Å². The third-order valence-corrected chi connectivity index (χ3v) is 4.19. The fraction of sp³-hybridized carbons (Fsp3) is 1.00. The summed E-state index contributed by atoms with van der Waals surface area (Å²) < 4.78 is 0. The van der Waals surface area contributed by atoms with Crippen LogP contribution < -0.4 is 0 Å². The number of hydrogen-bond donors (Lipinski definition) is 2. The van der Waals surface area contributed by atoms with Crippen LogP contribution in [0.1, 0.15) is 12.8 Å². The van der Waals surface area contributed by atoms with E-state index in [1.807, 2.05) is 0 Å². The fourth-order valence-electron chi connectivity index (χ4n) is 3.59. The van der Waals surface area contributed by atoms with Gasteiger partial charge in [-0.3, -0.25) is 0 Å². The summed E-state index contributed by atoms with van der Waals surface area (Å²) in [6, 6.07) is 0. The largest absolute Gasteiger partial charge is 0.396 e. The lowest BCUT2D eigenvalue weighted by Gasteiger charge is -2.33. The number of aliphatic hydroxyl groups excluding tert-OH is 2. The van der Waals surface area contributed by atoms with Gasteiger partial charge in [0.05, 0.1) is 6.10 Å². The molecule has 6 atom stereocenters. The SMILES string of the molecule is OCC1CC2C3CC1C(O)C23. The lowest BCUT2D eigenvalue weighted by Crippen LogP contribution is -2.35. The molecule has 0 aromatic rings. The molecule has 0 aliphatic heterocycles. The van der Waals surface area contributed by atoms with E-state index in [4.69, 9.17) is 5.11 Å². The second kappa shape index (κ2) is 1.80. The van der Waals surface area contributed by atoms with Crippen LogP contribution in [0.25, 0.3) is 0 Å². The molecule has 0 aromatic carbocycles. The fourth-order valence-corrected chi connectivity index (χ4v) is 3.59. The molecule has 2 N–H and O–H groups in total. The second-order valence-corrected chi connectivity index (χ2v) is 4.47. The number of aliphatic hydroxyl groups is 2. The normalized spacial score (nSPS) is 64.9. The van der Waals surface area contributed by atoms with Crippen molar-refractivity contribution < 1.29 is 10.2 Å². The summed E-state index contributed by atoms with van der Waals surface area (Å²) in [4.78, 5) is 0. The Morgan fingerprint density at radius 2 is 1.82 bits per heavy atom. The predicted molar refractivity (Wildman–Crippen MR) is 39.8 cm³/mol. The van der Waals surface area contributed by atoms with Crippen LogP contribution >= 0.6 is 0 Å². The van der Waals surface area contributed by atoms with Gasteiger partial charge in [-0.05, 0) is 42.4 Å². The molecule has 2 heteroatoms. The highest BCUT2D eigenvalue weighted by Gasteiger charge is 2.66. The Balaban J connectivity index is 1.86. The van der Waals surface area contributed by atoms with Crippen molar-refractivity contribution in [2.75, 3.05) is 6.61 Å². The van der Waals surface area contributed by atoms with Gasteiger partial charge in [-0.2, -0.15) is 0 Å². The first-order valence-electron chi connectivity index (χ1n) is 4.62. The zero-order valence-corrected chi connectivity index (χ0v) is 6.48. The summed E-state index contributed by atoms with van der Waals surface area (Å²) in [6.45, 7) is 0.289. The van der Waals surface area contributed by atoms with Crippen LogP contribution in [-0.4, -0.2) is 22.9 Å². The summed E-state index contributed by atoms with van der Waals surface area (Å²) in [6.07, 6.45) is 2.32. The zero-order chi connectivity index (χ0) is 7.59. The van der Waals surface area contributed by atoms with Crippen molar-refractivity contribution in [3.8, 4) is 0 Å². The van der Waals surface area contributed by atoms with Crippen molar-refractivity contribution >= 4 is 0 Å². The van der Waals surface area contributed by atoms with Crippen LogP contribution in [0, 0.1) is 29.6 Å². The first-order valence-corrected chi connectivity index (χ1v) is 4.62. The average Bonchev–Trinajstić information content (AvgIpc) is 2.66. The third kappa shape index (κ3) is 0.611. The van der Waals surface area contributed by atoms with E-state index in [9.17, 15) is 5.11 Å². The molecule has 4 fully saturated rings. The lowest BCUT2D eigenvalue weighted by molar-refractivity contribution is 0.00727. The Kier molecular flexibility index (Phi) is 1.06. The van der Waals surface area contributed by atoms with Crippen molar-refractivity contribution in [2.45, 2.75) is 18.9 Å². The van der Waals surface area contributed by atoms with Crippen LogP contribution in [0.3, 0.4) is 0 Å². The molecule has 0 radical (unpaired) electrons. The molecule has 4 aliphatic rings. The Labute approximate surface area is 66.2 Å². The second-order valence-electron chi connectivity index (χ2n) is 4.47. The van der Waals surface area contributed by atoms with E-state index in [1.54, 1.807) is 0 Å². The van der Waals surface area contributed by atoms with Crippen molar-refractivity contribution in [3.05, 3.63) is 0 Å². The van der Waals surface area contributed by atoms with Crippen LogP contribution in [0.15, 0.2) is 0 Å². The summed E-state index contributed by atoms with van der Waals surface area (Å²) in [5, 5.41) is 18.7. The quantitative estimate of drug-likeness (QED) is 0.568. The topological polar surface area (TPSA) is 40.5 Å². The Hall–Kier alpha value is -0.0800. The first-order chi connectivity index (χ1) is 5.33. The van der Waals surface area contributed by atoms with Crippen LogP contribution in [0.2, 0.25) is 0 Å². The molecule has 4 rings (SSSR count). The minimum Gasteiger partial charge on any atom is -0.396 e. The molecule has 4 aliphatic carbocycles. The van der Waals surface area contributed by atoms with E-state index in [0.29, 0.717) is 17.8 Å². The smallest absolute Gasteiger partial charge is 0.0605 e. The van der Waals surface area contributed by atoms with Crippen molar-refractivity contribution in [3.63, 3.8) is 0 Å². The van der Waals surface area contributed by atoms with Crippen molar-refractivity contribution in [1.29, 1.82) is 0 Å². The maximum absolute atomic E-state index is 9.72. The van der Waals surface area contributed by atoms with E-state index in [1.165, 1.54) is 12.8 Å². The van der Waals surface area contributed by atoms with E-state index in [2.05, 4.69) is 0 Å². The van der Waals surface area contributed by atoms with Crippen molar-refractivity contribution in [2.24, 2.45) is 29.6 Å². The van der Waals surface area contributed by atoms with Gasteiger partial charge >= 0.3 is 0 Å². The van der Waals surface area contributed by atoms with Gasteiger partial charge in [0.25, 0.3) is 0 Å². The van der Waals surface area contributed by atoms with Crippen molar-refractivity contribution in [1.82, 2.24) is 0 Å². The van der Waals surface area contributed by atoms with Gasteiger partial charge < -0.3 is 10.2 Å². The molecule has 4 saturated carbocycles. The lowest BCUT2D eigenvalue weighted by atomic mass is 9.75. The Morgan fingerprint density at radius 3 is 2.27 bits per heavy atom. The molecule has 6 unspecified atom stereocenters. The number of hydrogen-bond acceptors (Lipinski definition) is 2. The van der Waals surface area contributed by atoms with E-state index in [-0.39, 0.29) is 12.7 Å². The maximum atomic E-state index is 9.72. The highest BCUT2D eigenvalue weighted by atomic mass is 16.3. The predicted octanol–water partition coefficient (Wildman–Crippen LogP) is 0.242. The molecule has 4 bridgehead atoms. The van der Waals surface area contributed by atoms with E-state index in [0.717, 1.165) is 11.8 Å². The average molecular weight is 154 g/mol. The van der Waals surface area contributed by atoms with Gasteiger partial charge in [-0.25, -0.2) is 0 Å². The van der Waals surface area contributed by atoms with Gasteiger partial charge in [-0.1, -0.05) is 0 Å². The minimum absolute atomic E-state index is 0.0594. The number of fused-ring (bicyclic) bond motifs is 1. The summed E-state index contributed by atoms with van der Waals surface area (Å²) in [5.41, 5.74) is 0. The maximum Gasteiger partial charge on any atom is 0.0605 e. The molecular weight excluding hydrogens is 140 g/mol. The molecule has 0 aromatic heterocycles. The van der Waals surface area contributed by atoms with Crippen LogP contribution in [-0.2, 0) is 0 Å². The molecular formula is C9H14O2. The van der Waals surface area contributed by atoms with Gasteiger partial charge in [0.1, 0.15) is 0 Å². The minimum atomic E-state index is -0.0594. The zero-order valence-electron chi connectivity index (χ0n) is 6.48. The molecule has 11 heavy (non-hydrogen) atoms. The Bertz CT molecular complexity index is 192. The standard InChI is InChI=1S/C9H14O2/c10-3-4-1-6-7-2-5(4)9(11)8(6)7/h4-11H,1-3H2. The number of rotatable bonds is 1. The van der Waals surface area contributed by atoms with Gasteiger partial charge in [0, 0.05) is 6.61 Å². The molecule has 0 heterocycles. The van der Waals surface area contributed by atoms with Gasteiger partial charge in [-0.15, -0.1) is 0 Å². The first kappa shape index (κ1) is 6.44. The highest BCUT2D eigenvalue weighted by molar-refractivity contribution is 5.14. The Morgan fingerprint density at radius 1 is 1.09 bits per heavy atom. The monoisotopic (exact) mass is 154 g/mol. The van der Waals surface area contributed by atoms with E-state index < -0.39 is 0 Å². The third-order valence-electron chi connectivity index (χ3n) is 4.19. The molecule has 2 nitrogen and oxygen atoms in total. The molecule has 0 amide bonds. The summed E-state index contributed by atoms with van der Waals surface area (Å²) in [5.74, 6) is 3.14. The van der Waals surface area contributed by atoms with E-state index >= 15 is 0 Å². The highest BCUT2D eigenvalue weighted by Crippen LogP contribution is 2.68. The summed E-state index contributed by atoms with van der Waals surface area (Å²) in [7, 11) is 0. The van der Waals surface area contributed by atoms with Crippen LogP contribution in [0.5, 0.6) is 0 Å².